The molecule has 6 nitrogen and oxygen atoms in total. The number of benzene rings is 2. The number of fused-ring (bicyclic) bond motifs is 1. The predicted molar refractivity (Wildman–Crippen MR) is 107 cm³/mol. The number of nitrogens with one attached hydrogen (secondary N) is 1. The minimum Gasteiger partial charge on any atom is -0.497 e. The summed E-state index contributed by atoms with van der Waals surface area (Å²) in [5.74, 6) is 1.30. The molecule has 3 rings (SSSR count). The molecular formula is C20H22N2O4S. The summed E-state index contributed by atoms with van der Waals surface area (Å²) in [6.45, 7) is 2.17. The summed E-state index contributed by atoms with van der Waals surface area (Å²) >= 11 is 1.31. The van der Waals surface area contributed by atoms with Gasteiger partial charge < -0.3 is 14.8 Å². The van der Waals surface area contributed by atoms with Crippen LogP contribution in [0.25, 0.3) is 10.1 Å². The summed E-state index contributed by atoms with van der Waals surface area (Å²) in [6.07, 6.45) is 0.597. The highest BCUT2D eigenvalue weighted by Crippen LogP contribution is 2.24. The Balaban J connectivity index is 1.67. The van der Waals surface area contributed by atoms with Crippen LogP contribution >= 0.6 is 11.5 Å². The molecular weight excluding hydrogens is 364 g/mol. The van der Waals surface area contributed by atoms with Crippen LogP contribution in [0.1, 0.15) is 18.5 Å². The van der Waals surface area contributed by atoms with Gasteiger partial charge in [0.05, 0.1) is 24.3 Å². The zero-order chi connectivity index (χ0) is 19.4. The molecule has 7 heteroatoms. The minimum absolute atomic E-state index is 0.132. The molecule has 0 fully saturated rings. The van der Waals surface area contributed by atoms with Crippen molar-refractivity contribution in [3.63, 3.8) is 0 Å². The first kappa shape index (κ1) is 19.0. The third kappa shape index (κ3) is 3.98. The van der Waals surface area contributed by atoms with Gasteiger partial charge in [0.2, 0.25) is 5.91 Å². The van der Waals surface area contributed by atoms with Gasteiger partial charge in [0.1, 0.15) is 17.5 Å². The van der Waals surface area contributed by atoms with Crippen molar-refractivity contribution >= 4 is 27.5 Å². The first-order valence-electron chi connectivity index (χ1n) is 8.64. The molecule has 1 unspecified atom stereocenters. The van der Waals surface area contributed by atoms with Gasteiger partial charge in [0, 0.05) is 6.54 Å². The molecule has 0 aliphatic rings. The Morgan fingerprint density at radius 2 is 1.96 bits per heavy atom. The number of nitrogens with zero attached hydrogens (tertiary/aromatic N) is 1. The molecule has 2 aromatic carbocycles. The number of hydrogen-bond acceptors (Lipinski definition) is 5. The molecule has 0 aliphatic carbocycles. The number of hydrogen-bond donors (Lipinski definition) is 1. The van der Waals surface area contributed by atoms with E-state index in [2.05, 4.69) is 5.32 Å². The van der Waals surface area contributed by atoms with Crippen molar-refractivity contribution in [3.8, 4) is 11.5 Å². The molecule has 0 aliphatic heterocycles. The molecule has 0 saturated heterocycles. The van der Waals surface area contributed by atoms with Crippen molar-refractivity contribution in [2.75, 3.05) is 20.8 Å². The van der Waals surface area contributed by atoms with E-state index in [1.165, 1.54) is 15.5 Å². The van der Waals surface area contributed by atoms with Crippen LogP contribution in [0.2, 0.25) is 0 Å². The lowest BCUT2D eigenvalue weighted by atomic mass is 10.1. The summed E-state index contributed by atoms with van der Waals surface area (Å²) < 4.78 is 13.0. The molecule has 1 N–H and O–H groups in total. The van der Waals surface area contributed by atoms with E-state index >= 15 is 0 Å². The van der Waals surface area contributed by atoms with Crippen LogP contribution in [-0.4, -0.2) is 30.6 Å². The van der Waals surface area contributed by atoms with Crippen molar-refractivity contribution in [2.45, 2.75) is 19.4 Å². The van der Waals surface area contributed by atoms with E-state index in [0.717, 1.165) is 21.8 Å². The summed E-state index contributed by atoms with van der Waals surface area (Å²) in [7, 11) is 3.22. The van der Waals surface area contributed by atoms with Gasteiger partial charge in [0.15, 0.2) is 0 Å². The lowest BCUT2D eigenvalue weighted by Crippen LogP contribution is -2.34. The number of carbonyl (C=O) groups excluding carboxylic acids is 1. The fraction of sp³-hybridized carbons (Fsp3) is 0.300. The van der Waals surface area contributed by atoms with Gasteiger partial charge in [-0.3, -0.25) is 13.5 Å². The third-order valence-corrected chi connectivity index (χ3v) is 5.66. The lowest BCUT2D eigenvalue weighted by Gasteiger charge is -2.14. The van der Waals surface area contributed by atoms with Crippen molar-refractivity contribution < 1.29 is 14.3 Å². The number of rotatable bonds is 7. The molecule has 3 aromatic rings. The molecule has 0 saturated carbocycles. The molecule has 27 heavy (non-hydrogen) atoms. The predicted octanol–water partition coefficient (Wildman–Crippen LogP) is 3.00. The minimum atomic E-state index is -0.567. The van der Waals surface area contributed by atoms with Gasteiger partial charge in [-0.05, 0) is 49.2 Å². The van der Waals surface area contributed by atoms with E-state index in [1.54, 1.807) is 27.2 Å². The number of methoxy groups -OCH3 is 2. The monoisotopic (exact) mass is 386 g/mol. The van der Waals surface area contributed by atoms with Crippen LogP contribution in [0.4, 0.5) is 0 Å². The van der Waals surface area contributed by atoms with Gasteiger partial charge in [-0.1, -0.05) is 23.7 Å². The van der Waals surface area contributed by atoms with Crippen molar-refractivity contribution in [1.29, 1.82) is 0 Å². The highest BCUT2D eigenvalue weighted by molar-refractivity contribution is 7.14. The van der Waals surface area contributed by atoms with Gasteiger partial charge in [-0.2, -0.15) is 0 Å². The normalized spacial score (nSPS) is 12.0. The fourth-order valence-electron chi connectivity index (χ4n) is 2.90. The average molecular weight is 386 g/mol. The second-order valence-corrected chi connectivity index (χ2v) is 7.13. The van der Waals surface area contributed by atoms with E-state index in [-0.39, 0.29) is 11.5 Å². The number of carbonyl (C=O) groups is 1. The Morgan fingerprint density at radius 3 is 2.67 bits per heavy atom. The maximum atomic E-state index is 12.5. The maximum absolute atomic E-state index is 12.5. The molecule has 142 valence electrons. The number of aromatic nitrogens is 1. The smallest absolute Gasteiger partial charge is 0.269 e. The molecule has 1 atom stereocenters. The molecule has 0 radical (unpaired) electrons. The van der Waals surface area contributed by atoms with Crippen LogP contribution in [0.3, 0.4) is 0 Å². The first-order valence-corrected chi connectivity index (χ1v) is 9.41. The molecule has 0 bridgehead atoms. The van der Waals surface area contributed by atoms with Crippen molar-refractivity contribution in [1.82, 2.24) is 9.27 Å². The summed E-state index contributed by atoms with van der Waals surface area (Å²) in [5, 5.41) is 3.54. The zero-order valence-corrected chi connectivity index (χ0v) is 16.3. The van der Waals surface area contributed by atoms with Gasteiger partial charge in [-0.25, -0.2) is 0 Å². The van der Waals surface area contributed by atoms with Crippen LogP contribution in [-0.2, 0) is 11.2 Å². The second kappa shape index (κ2) is 8.26. The Bertz CT molecular complexity index is 1010. The van der Waals surface area contributed by atoms with Crippen LogP contribution in [0, 0.1) is 0 Å². The average Bonchev–Trinajstić information content (AvgIpc) is 3.04. The van der Waals surface area contributed by atoms with Gasteiger partial charge in [0.25, 0.3) is 5.56 Å². The van der Waals surface area contributed by atoms with E-state index in [4.69, 9.17) is 9.47 Å². The van der Waals surface area contributed by atoms with Crippen molar-refractivity contribution in [3.05, 3.63) is 58.4 Å². The standard InChI is InChI=1S/C20H22N2O4S/c1-13(22-20(24)16-6-4-5-7-18(16)27-22)19(23)21-11-10-14-12-15(25-2)8-9-17(14)26-3/h4-9,12-13H,10-11H2,1-3H3,(H,21,23). The third-order valence-electron chi connectivity index (χ3n) is 4.43. The summed E-state index contributed by atoms with van der Waals surface area (Å²) in [6, 6.07) is 12.4. The Hall–Kier alpha value is -2.80. The Labute approximate surface area is 161 Å². The number of ether oxygens (including phenoxy) is 2. The van der Waals surface area contributed by atoms with E-state index in [9.17, 15) is 9.59 Å². The molecule has 1 aromatic heterocycles. The first-order chi connectivity index (χ1) is 13.0. The fourth-order valence-corrected chi connectivity index (χ4v) is 3.94. The SMILES string of the molecule is COc1ccc(OC)c(CCNC(=O)C(C)n2sc3ccccc3c2=O)c1. The van der Waals surface area contributed by atoms with Gasteiger partial charge in [-0.15, -0.1) is 0 Å². The van der Waals surface area contributed by atoms with Crippen LogP contribution in [0.15, 0.2) is 47.3 Å². The van der Waals surface area contributed by atoms with E-state index < -0.39 is 6.04 Å². The Morgan fingerprint density at radius 1 is 1.19 bits per heavy atom. The van der Waals surface area contributed by atoms with E-state index in [1.807, 2.05) is 36.4 Å². The number of amides is 1. The van der Waals surface area contributed by atoms with Gasteiger partial charge >= 0.3 is 0 Å². The summed E-state index contributed by atoms with van der Waals surface area (Å²) in [5.41, 5.74) is 0.816. The molecule has 1 heterocycles. The summed E-state index contributed by atoms with van der Waals surface area (Å²) in [4.78, 5) is 25.0. The largest absolute Gasteiger partial charge is 0.497 e. The molecule has 1 amide bonds. The highest BCUT2D eigenvalue weighted by atomic mass is 32.1. The zero-order valence-electron chi connectivity index (χ0n) is 15.5. The maximum Gasteiger partial charge on any atom is 0.269 e. The van der Waals surface area contributed by atoms with Crippen LogP contribution < -0.4 is 20.3 Å². The van der Waals surface area contributed by atoms with E-state index in [0.29, 0.717) is 18.4 Å². The quantitative estimate of drug-likeness (QED) is 0.678. The van der Waals surface area contributed by atoms with Crippen LogP contribution in [0.5, 0.6) is 11.5 Å². The highest BCUT2D eigenvalue weighted by Gasteiger charge is 2.19. The molecule has 0 spiro atoms. The topological polar surface area (TPSA) is 69.6 Å². The lowest BCUT2D eigenvalue weighted by molar-refractivity contribution is -0.123. The Kier molecular flexibility index (Phi) is 5.81. The van der Waals surface area contributed by atoms with Crippen molar-refractivity contribution in [2.24, 2.45) is 0 Å². The second-order valence-electron chi connectivity index (χ2n) is 6.11.